The van der Waals surface area contributed by atoms with Gasteiger partial charge in [-0.2, -0.15) is 0 Å². The second-order valence-electron chi connectivity index (χ2n) is 6.88. The third kappa shape index (κ3) is 3.03. The van der Waals surface area contributed by atoms with Crippen LogP contribution in [0.15, 0.2) is 0 Å². The highest BCUT2D eigenvalue weighted by Gasteiger charge is 2.42. The number of aliphatic hydroxyl groups excluding tert-OH is 1. The molecule has 3 unspecified atom stereocenters. The average Bonchev–Trinajstić information content (AvgIpc) is 2.48. The number of hydrogen-bond donors (Lipinski definition) is 1. The first-order valence-electron chi connectivity index (χ1n) is 8.32. The summed E-state index contributed by atoms with van der Waals surface area (Å²) < 4.78 is 11.6. The minimum Gasteiger partial charge on any atom is -0.391 e. The van der Waals surface area contributed by atoms with Crippen LogP contribution in [0.3, 0.4) is 0 Å². The molecule has 4 nitrogen and oxygen atoms in total. The number of rotatable bonds is 2. The van der Waals surface area contributed by atoms with E-state index < -0.39 is 0 Å². The van der Waals surface area contributed by atoms with Gasteiger partial charge >= 0.3 is 0 Å². The Balaban J connectivity index is 1.63. The summed E-state index contributed by atoms with van der Waals surface area (Å²) in [4.78, 5) is 2.46. The van der Waals surface area contributed by atoms with Gasteiger partial charge in [0.2, 0.25) is 0 Å². The molecule has 1 N–H and O–H groups in total. The highest BCUT2D eigenvalue weighted by Crippen LogP contribution is 2.37. The Kier molecular flexibility index (Phi) is 4.65. The van der Waals surface area contributed by atoms with Gasteiger partial charge in [-0.1, -0.05) is 12.8 Å². The zero-order valence-corrected chi connectivity index (χ0v) is 12.7. The van der Waals surface area contributed by atoms with Gasteiger partial charge in [0.05, 0.1) is 11.7 Å². The van der Waals surface area contributed by atoms with Crippen molar-refractivity contribution >= 4 is 0 Å². The predicted molar refractivity (Wildman–Crippen MR) is 77.8 cm³/mol. The molecule has 2 aliphatic heterocycles. The van der Waals surface area contributed by atoms with Crippen molar-refractivity contribution in [1.82, 2.24) is 4.90 Å². The zero-order chi connectivity index (χ0) is 14.0. The lowest BCUT2D eigenvalue weighted by molar-refractivity contribution is -0.156. The van der Waals surface area contributed by atoms with E-state index in [-0.39, 0.29) is 11.7 Å². The quantitative estimate of drug-likeness (QED) is 0.841. The number of ether oxygens (including phenoxy) is 2. The van der Waals surface area contributed by atoms with Crippen LogP contribution < -0.4 is 0 Å². The molecule has 0 radical (unpaired) electrons. The Bertz CT molecular complexity index is 311. The molecule has 2 heterocycles. The van der Waals surface area contributed by atoms with Crippen LogP contribution >= 0.6 is 0 Å². The first-order chi connectivity index (χ1) is 9.70. The van der Waals surface area contributed by atoms with Crippen molar-refractivity contribution in [3.8, 4) is 0 Å². The Morgan fingerprint density at radius 1 is 1.05 bits per heavy atom. The van der Waals surface area contributed by atoms with E-state index in [2.05, 4.69) is 11.9 Å². The fourth-order valence-electron chi connectivity index (χ4n) is 4.28. The molecular weight excluding hydrogens is 254 g/mol. The van der Waals surface area contributed by atoms with Crippen LogP contribution in [-0.4, -0.2) is 60.7 Å². The molecule has 3 atom stereocenters. The smallest absolute Gasteiger partial charge is 0.0741 e. The molecular formula is C16H29NO3. The summed E-state index contributed by atoms with van der Waals surface area (Å²) in [7, 11) is 2.21. The van der Waals surface area contributed by atoms with Gasteiger partial charge in [-0.3, -0.25) is 4.90 Å². The molecule has 20 heavy (non-hydrogen) atoms. The summed E-state index contributed by atoms with van der Waals surface area (Å²) in [5.74, 6) is 0. The summed E-state index contributed by atoms with van der Waals surface area (Å²) in [6.07, 6.45) is 8.69. The zero-order valence-electron chi connectivity index (χ0n) is 12.7. The molecule has 2 saturated heterocycles. The van der Waals surface area contributed by atoms with Gasteiger partial charge in [0.1, 0.15) is 0 Å². The Morgan fingerprint density at radius 2 is 1.80 bits per heavy atom. The highest BCUT2D eigenvalue weighted by molar-refractivity contribution is 4.94. The van der Waals surface area contributed by atoms with E-state index in [0.29, 0.717) is 12.1 Å². The van der Waals surface area contributed by atoms with Crippen LogP contribution in [-0.2, 0) is 9.47 Å². The van der Waals surface area contributed by atoms with E-state index in [0.717, 1.165) is 58.3 Å². The topological polar surface area (TPSA) is 41.9 Å². The number of hydrogen-bond acceptors (Lipinski definition) is 4. The number of aliphatic hydroxyl groups is 1. The van der Waals surface area contributed by atoms with Crippen molar-refractivity contribution in [3.05, 3.63) is 0 Å². The van der Waals surface area contributed by atoms with Gasteiger partial charge in [-0.25, -0.2) is 0 Å². The molecule has 3 aliphatic rings. The van der Waals surface area contributed by atoms with Crippen LogP contribution in [0.5, 0.6) is 0 Å². The molecule has 4 heteroatoms. The first kappa shape index (κ1) is 14.8. The van der Waals surface area contributed by atoms with E-state index in [9.17, 15) is 5.11 Å². The van der Waals surface area contributed by atoms with E-state index >= 15 is 0 Å². The largest absolute Gasteiger partial charge is 0.391 e. The Hall–Kier alpha value is -0.160. The van der Waals surface area contributed by atoms with E-state index in [1.54, 1.807) is 0 Å². The van der Waals surface area contributed by atoms with E-state index in [1.165, 1.54) is 12.8 Å². The summed E-state index contributed by atoms with van der Waals surface area (Å²) in [6, 6.07) is 0.906. The van der Waals surface area contributed by atoms with Gasteiger partial charge in [0.15, 0.2) is 0 Å². The lowest BCUT2D eigenvalue weighted by Gasteiger charge is -2.48. The maximum atomic E-state index is 10.3. The van der Waals surface area contributed by atoms with E-state index in [1.807, 2.05) is 0 Å². The molecule has 0 bridgehead atoms. The molecule has 0 aromatic rings. The molecule has 3 rings (SSSR count). The predicted octanol–water partition coefficient (Wildman–Crippen LogP) is 1.95. The van der Waals surface area contributed by atoms with E-state index in [4.69, 9.17) is 9.47 Å². The minimum atomic E-state index is -0.137. The average molecular weight is 283 g/mol. The van der Waals surface area contributed by atoms with Gasteiger partial charge < -0.3 is 14.6 Å². The molecule has 3 fully saturated rings. The molecule has 0 aromatic heterocycles. The van der Waals surface area contributed by atoms with Gasteiger partial charge in [-0.05, 0) is 45.6 Å². The Morgan fingerprint density at radius 3 is 2.55 bits per heavy atom. The second kappa shape index (κ2) is 6.30. The van der Waals surface area contributed by atoms with Crippen molar-refractivity contribution in [2.45, 2.75) is 75.2 Å². The third-order valence-electron chi connectivity index (χ3n) is 5.66. The SMILES string of the molecule is CN(C1CCOC2(CCOCC2)C1)C1CCCCC1O. The van der Waals surface area contributed by atoms with Crippen LogP contribution in [0.2, 0.25) is 0 Å². The Labute approximate surface area is 122 Å². The van der Waals surface area contributed by atoms with Crippen molar-refractivity contribution < 1.29 is 14.6 Å². The molecule has 1 spiro atoms. The molecule has 1 saturated carbocycles. The fourth-order valence-corrected chi connectivity index (χ4v) is 4.28. The minimum absolute atomic E-state index is 0.0506. The summed E-state index contributed by atoms with van der Waals surface area (Å²) in [5.41, 5.74) is 0.0506. The number of likely N-dealkylation sites (N-methyl/N-ethyl adjacent to an activating group) is 1. The van der Waals surface area contributed by atoms with Crippen molar-refractivity contribution in [2.75, 3.05) is 26.9 Å². The molecule has 116 valence electrons. The third-order valence-corrected chi connectivity index (χ3v) is 5.66. The second-order valence-corrected chi connectivity index (χ2v) is 6.88. The molecule has 1 aliphatic carbocycles. The van der Waals surface area contributed by atoms with Crippen molar-refractivity contribution in [2.24, 2.45) is 0 Å². The lowest BCUT2D eigenvalue weighted by Crippen LogP contribution is -2.55. The lowest BCUT2D eigenvalue weighted by atomic mass is 9.82. The van der Waals surface area contributed by atoms with Crippen molar-refractivity contribution in [1.29, 1.82) is 0 Å². The monoisotopic (exact) mass is 283 g/mol. The van der Waals surface area contributed by atoms with Crippen LogP contribution in [0.25, 0.3) is 0 Å². The maximum Gasteiger partial charge on any atom is 0.0741 e. The summed E-state index contributed by atoms with van der Waals surface area (Å²) in [5, 5.41) is 10.3. The van der Waals surface area contributed by atoms with Crippen LogP contribution in [0.1, 0.15) is 51.4 Å². The van der Waals surface area contributed by atoms with Crippen molar-refractivity contribution in [3.63, 3.8) is 0 Å². The van der Waals surface area contributed by atoms with Crippen LogP contribution in [0, 0.1) is 0 Å². The molecule has 0 amide bonds. The van der Waals surface area contributed by atoms with Gasteiger partial charge in [0.25, 0.3) is 0 Å². The number of nitrogens with zero attached hydrogens (tertiary/aromatic N) is 1. The normalized spacial score (nSPS) is 38.2. The first-order valence-corrected chi connectivity index (χ1v) is 8.32. The summed E-state index contributed by atoms with van der Waals surface area (Å²) >= 11 is 0. The standard InChI is InChI=1S/C16H29NO3/c1-17(14-4-2-3-5-15(14)18)13-6-9-20-16(12-13)7-10-19-11-8-16/h13-15,18H,2-12H2,1H3. The van der Waals surface area contributed by atoms with Crippen LogP contribution in [0.4, 0.5) is 0 Å². The highest BCUT2D eigenvalue weighted by atomic mass is 16.5. The van der Waals surface area contributed by atoms with Gasteiger partial charge in [-0.15, -0.1) is 0 Å². The maximum absolute atomic E-state index is 10.3. The molecule has 0 aromatic carbocycles. The van der Waals surface area contributed by atoms with Gasteiger partial charge in [0, 0.05) is 31.9 Å². The fraction of sp³-hybridized carbons (Fsp3) is 1.00. The summed E-state index contributed by atoms with van der Waals surface area (Å²) in [6.45, 7) is 2.53.